The second kappa shape index (κ2) is 4.96. The van der Waals surface area contributed by atoms with E-state index in [1.807, 2.05) is 33.8 Å². The average molecular weight is 303 g/mol. The number of carbonyl (C=O) groups is 1. The average Bonchev–Trinajstić information content (AvgIpc) is 2.66. The third-order valence-corrected chi connectivity index (χ3v) is 4.84. The molecule has 6 nitrogen and oxygen atoms in total. The Balaban J connectivity index is 1.91. The Hall–Kier alpha value is -1.60. The quantitative estimate of drug-likeness (QED) is 0.791. The summed E-state index contributed by atoms with van der Waals surface area (Å²) in [7, 11) is -0.438. The largest absolute Gasteiger partial charge is 0.496 e. The normalized spacial score (nSPS) is 22.5. The third kappa shape index (κ3) is 2.38. The van der Waals surface area contributed by atoms with Gasteiger partial charge in [-0.15, -0.1) is 0 Å². The van der Waals surface area contributed by atoms with Crippen molar-refractivity contribution in [3.8, 4) is 0 Å². The topological polar surface area (TPSA) is 77.7 Å². The molecule has 1 saturated heterocycles. The molecule has 3 heterocycles. The van der Waals surface area contributed by atoms with Crippen LogP contribution in [-0.2, 0) is 15.7 Å². The molecule has 2 N–H and O–H groups in total. The number of urea groups is 1. The van der Waals surface area contributed by atoms with E-state index in [1.165, 1.54) is 4.90 Å². The van der Waals surface area contributed by atoms with Crippen molar-refractivity contribution >= 4 is 24.4 Å². The Labute approximate surface area is 131 Å². The predicted molar refractivity (Wildman–Crippen MR) is 85.2 cm³/mol. The number of hydrogen-bond donors (Lipinski definition) is 1. The molecule has 0 spiro atoms. The highest BCUT2D eigenvalue weighted by molar-refractivity contribution is 6.62. The lowest BCUT2D eigenvalue weighted by Gasteiger charge is -2.32. The van der Waals surface area contributed by atoms with Crippen molar-refractivity contribution in [3.05, 3.63) is 17.8 Å². The van der Waals surface area contributed by atoms with E-state index >= 15 is 0 Å². The lowest BCUT2D eigenvalue weighted by molar-refractivity contribution is 0.00578. The van der Waals surface area contributed by atoms with Gasteiger partial charge in [-0.05, 0) is 46.1 Å². The number of fused-ring (bicyclic) bond motifs is 1. The van der Waals surface area contributed by atoms with Gasteiger partial charge < -0.3 is 15.0 Å². The van der Waals surface area contributed by atoms with E-state index in [1.54, 1.807) is 6.20 Å². The van der Waals surface area contributed by atoms with Crippen molar-refractivity contribution < 1.29 is 14.1 Å². The molecule has 3 rings (SSSR count). The summed E-state index contributed by atoms with van der Waals surface area (Å²) in [6.45, 7) is 8.70. The van der Waals surface area contributed by atoms with Gasteiger partial charge in [0.25, 0.3) is 0 Å². The summed E-state index contributed by atoms with van der Waals surface area (Å²) in [5.74, 6) is 0.652. The summed E-state index contributed by atoms with van der Waals surface area (Å²) in [6.07, 6.45) is 3.46. The fourth-order valence-electron chi connectivity index (χ4n) is 2.80. The molecule has 0 unspecified atom stereocenters. The molecule has 2 aliphatic rings. The first-order valence-corrected chi connectivity index (χ1v) is 7.63. The van der Waals surface area contributed by atoms with Gasteiger partial charge in [0.15, 0.2) is 0 Å². The smallest absolute Gasteiger partial charge is 0.399 e. The molecule has 1 fully saturated rings. The Kier molecular flexibility index (Phi) is 3.45. The molecule has 1 aromatic rings. The number of rotatable bonds is 1. The molecular formula is C15H22BN3O3. The standard InChI is InChI=1S/C15H22BN3O3/c1-14(2)15(3,4)22-16(21-14)11-8-10-6-5-7-19(13(17)20)12(10)18-9-11/h8-9H,5-7H2,1-4H3,(H2,17,20). The molecule has 0 radical (unpaired) electrons. The number of carbonyl (C=O) groups excluding carboxylic acids is 1. The van der Waals surface area contributed by atoms with Crippen LogP contribution in [0.2, 0.25) is 0 Å². The van der Waals surface area contributed by atoms with Crippen LogP contribution in [0.25, 0.3) is 0 Å². The first-order valence-electron chi connectivity index (χ1n) is 7.63. The minimum Gasteiger partial charge on any atom is -0.399 e. The van der Waals surface area contributed by atoms with Crippen molar-refractivity contribution in [3.63, 3.8) is 0 Å². The number of aryl methyl sites for hydroxylation is 1. The molecule has 2 amide bonds. The molecule has 0 aromatic carbocycles. The molecular weight excluding hydrogens is 281 g/mol. The molecule has 1 aromatic heterocycles. The maximum absolute atomic E-state index is 11.5. The first kappa shape index (κ1) is 15.3. The van der Waals surface area contributed by atoms with Crippen molar-refractivity contribution in [2.45, 2.75) is 51.7 Å². The van der Waals surface area contributed by atoms with Gasteiger partial charge in [-0.25, -0.2) is 9.78 Å². The molecule has 118 valence electrons. The summed E-state index contributed by atoms with van der Waals surface area (Å²) in [4.78, 5) is 17.4. The number of aromatic nitrogens is 1. The van der Waals surface area contributed by atoms with Crippen LogP contribution in [0.5, 0.6) is 0 Å². The van der Waals surface area contributed by atoms with E-state index in [2.05, 4.69) is 4.98 Å². The SMILES string of the molecule is CC1(C)OB(c2cnc3c(c2)CCCN3C(N)=O)OC1(C)C. The molecule has 22 heavy (non-hydrogen) atoms. The zero-order valence-corrected chi connectivity index (χ0v) is 13.5. The number of pyridine rings is 1. The number of anilines is 1. The summed E-state index contributed by atoms with van der Waals surface area (Å²) >= 11 is 0. The van der Waals surface area contributed by atoms with Crippen LogP contribution in [0.4, 0.5) is 10.6 Å². The maximum Gasteiger partial charge on any atom is 0.496 e. The van der Waals surface area contributed by atoms with Gasteiger partial charge in [0.05, 0.1) is 11.2 Å². The van der Waals surface area contributed by atoms with Gasteiger partial charge in [0.1, 0.15) is 5.82 Å². The summed E-state index contributed by atoms with van der Waals surface area (Å²) in [5.41, 5.74) is 6.54. The van der Waals surface area contributed by atoms with Crippen LogP contribution in [0.1, 0.15) is 39.7 Å². The Bertz CT molecular complexity index is 602. The second-order valence-electron chi connectivity index (χ2n) is 6.93. The van der Waals surface area contributed by atoms with Gasteiger partial charge in [-0.2, -0.15) is 0 Å². The summed E-state index contributed by atoms with van der Waals surface area (Å²) in [5, 5.41) is 0. The van der Waals surface area contributed by atoms with E-state index in [0.29, 0.717) is 12.4 Å². The minimum atomic E-state index is -0.461. The van der Waals surface area contributed by atoms with E-state index in [0.717, 1.165) is 23.9 Å². The summed E-state index contributed by atoms with van der Waals surface area (Å²) in [6, 6.07) is 1.55. The Morgan fingerprint density at radius 3 is 2.55 bits per heavy atom. The highest BCUT2D eigenvalue weighted by atomic mass is 16.7. The monoisotopic (exact) mass is 303 g/mol. The second-order valence-corrected chi connectivity index (χ2v) is 6.93. The van der Waals surface area contributed by atoms with Crippen LogP contribution in [0, 0.1) is 0 Å². The van der Waals surface area contributed by atoms with Gasteiger partial charge in [-0.3, -0.25) is 4.90 Å². The number of nitrogens with two attached hydrogens (primary N) is 1. The van der Waals surface area contributed by atoms with Crippen LogP contribution in [0.3, 0.4) is 0 Å². The zero-order chi connectivity index (χ0) is 16.1. The third-order valence-electron chi connectivity index (χ3n) is 4.84. The Morgan fingerprint density at radius 1 is 1.32 bits per heavy atom. The van der Waals surface area contributed by atoms with Crippen LogP contribution in [-0.4, -0.2) is 35.9 Å². The van der Waals surface area contributed by atoms with Crippen molar-refractivity contribution in [2.24, 2.45) is 5.73 Å². The van der Waals surface area contributed by atoms with E-state index < -0.39 is 13.1 Å². The van der Waals surface area contributed by atoms with E-state index in [4.69, 9.17) is 15.0 Å². The van der Waals surface area contributed by atoms with E-state index in [9.17, 15) is 4.79 Å². The molecule has 2 aliphatic heterocycles. The predicted octanol–water partition coefficient (Wildman–Crippen LogP) is 1.21. The van der Waals surface area contributed by atoms with Crippen molar-refractivity contribution in [2.75, 3.05) is 11.4 Å². The highest BCUT2D eigenvalue weighted by Crippen LogP contribution is 2.36. The molecule has 0 bridgehead atoms. The fraction of sp³-hybridized carbons (Fsp3) is 0.600. The number of amides is 2. The fourth-order valence-corrected chi connectivity index (χ4v) is 2.80. The van der Waals surface area contributed by atoms with Crippen LogP contribution < -0.4 is 16.1 Å². The zero-order valence-electron chi connectivity index (χ0n) is 13.5. The van der Waals surface area contributed by atoms with Gasteiger partial charge in [0, 0.05) is 18.2 Å². The summed E-state index contributed by atoms with van der Waals surface area (Å²) < 4.78 is 12.1. The highest BCUT2D eigenvalue weighted by Gasteiger charge is 2.52. The Morgan fingerprint density at radius 2 is 1.95 bits per heavy atom. The maximum atomic E-state index is 11.5. The molecule has 0 aliphatic carbocycles. The minimum absolute atomic E-state index is 0.382. The number of hydrogen-bond acceptors (Lipinski definition) is 4. The molecule has 0 atom stereocenters. The molecule has 7 heteroatoms. The van der Waals surface area contributed by atoms with Gasteiger partial charge >= 0.3 is 13.1 Å². The molecule has 0 saturated carbocycles. The van der Waals surface area contributed by atoms with Crippen molar-refractivity contribution in [1.29, 1.82) is 0 Å². The van der Waals surface area contributed by atoms with E-state index in [-0.39, 0.29) is 11.2 Å². The first-order chi connectivity index (χ1) is 10.2. The lowest BCUT2D eigenvalue weighted by Crippen LogP contribution is -2.41. The van der Waals surface area contributed by atoms with Crippen LogP contribution >= 0.6 is 0 Å². The van der Waals surface area contributed by atoms with Crippen molar-refractivity contribution in [1.82, 2.24) is 4.98 Å². The lowest BCUT2D eigenvalue weighted by atomic mass is 9.79. The van der Waals surface area contributed by atoms with Gasteiger partial charge in [-0.1, -0.05) is 6.07 Å². The number of primary amides is 1. The number of nitrogens with zero attached hydrogens (tertiary/aromatic N) is 2. The van der Waals surface area contributed by atoms with Crippen LogP contribution in [0.15, 0.2) is 12.3 Å². The van der Waals surface area contributed by atoms with Gasteiger partial charge in [0.2, 0.25) is 0 Å².